The largest absolute Gasteiger partial charge is 0.371 e. The maximum Gasteiger partial charge on any atom is 0.0832 e. The van der Waals surface area contributed by atoms with Gasteiger partial charge >= 0.3 is 0 Å². The van der Waals surface area contributed by atoms with Gasteiger partial charge in [0.05, 0.1) is 24.4 Å². The zero-order chi connectivity index (χ0) is 13.9. The van der Waals surface area contributed by atoms with Crippen LogP contribution in [0.25, 0.3) is 0 Å². The molecular weight excluding hydrogens is 248 g/mol. The van der Waals surface area contributed by atoms with Crippen molar-refractivity contribution in [2.24, 2.45) is 0 Å². The van der Waals surface area contributed by atoms with E-state index in [4.69, 9.17) is 9.47 Å². The smallest absolute Gasteiger partial charge is 0.0832 e. The molecule has 2 heteroatoms. The predicted molar refractivity (Wildman–Crippen MR) is 80.7 cm³/mol. The first-order chi connectivity index (χ1) is 9.74. The molecule has 3 rings (SSSR count). The van der Waals surface area contributed by atoms with Gasteiger partial charge in [0.25, 0.3) is 0 Å². The van der Waals surface area contributed by atoms with Crippen molar-refractivity contribution in [3.63, 3.8) is 0 Å². The summed E-state index contributed by atoms with van der Waals surface area (Å²) in [7, 11) is 0. The van der Waals surface area contributed by atoms with Crippen molar-refractivity contribution in [1.29, 1.82) is 0 Å². The van der Waals surface area contributed by atoms with Crippen LogP contribution in [-0.4, -0.2) is 12.2 Å². The van der Waals surface area contributed by atoms with Crippen LogP contribution in [-0.2, 0) is 9.47 Å². The molecule has 0 N–H and O–H groups in total. The fourth-order valence-corrected chi connectivity index (χ4v) is 3.57. The number of rotatable bonds is 2. The Bertz CT molecular complexity index is 402. The number of benzene rings is 1. The molecule has 2 aliphatic heterocycles. The monoisotopic (exact) mass is 274 g/mol. The summed E-state index contributed by atoms with van der Waals surface area (Å²) in [6, 6.07) is 8.74. The summed E-state index contributed by atoms with van der Waals surface area (Å²) in [6.07, 6.45) is 8.48. The SMILES string of the molecule is CC1CCCC(c2ccccc2C2CCCC(C)O2)O1. The van der Waals surface area contributed by atoms with Gasteiger partial charge in [-0.25, -0.2) is 0 Å². The molecule has 4 unspecified atom stereocenters. The van der Waals surface area contributed by atoms with E-state index in [1.165, 1.54) is 36.8 Å². The van der Waals surface area contributed by atoms with E-state index in [0.717, 1.165) is 12.8 Å². The summed E-state index contributed by atoms with van der Waals surface area (Å²) in [5, 5.41) is 0. The van der Waals surface area contributed by atoms with Gasteiger partial charge in [-0.2, -0.15) is 0 Å². The standard InChI is InChI=1S/C18H26O2/c1-13-7-5-11-17(19-13)15-9-3-4-10-16(15)18-12-6-8-14(2)20-18/h3-4,9-10,13-14,17-18H,5-8,11-12H2,1-2H3. The lowest BCUT2D eigenvalue weighted by atomic mass is 9.90. The van der Waals surface area contributed by atoms with E-state index >= 15 is 0 Å². The second-order valence-electron chi connectivity index (χ2n) is 6.36. The van der Waals surface area contributed by atoms with Gasteiger partial charge in [-0.3, -0.25) is 0 Å². The van der Waals surface area contributed by atoms with Crippen LogP contribution in [0, 0.1) is 0 Å². The second-order valence-corrected chi connectivity index (χ2v) is 6.36. The van der Waals surface area contributed by atoms with Gasteiger partial charge in [0, 0.05) is 0 Å². The first-order valence-electron chi connectivity index (χ1n) is 8.14. The van der Waals surface area contributed by atoms with E-state index in [-0.39, 0.29) is 12.2 Å². The lowest BCUT2D eigenvalue weighted by Gasteiger charge is -2.33. The van der Waals surface area contributed by atoms with Crippen LogP contribution in [0.3, 0.4) is 0 Å². The van der Waals surface area contributed by atoms with Crippen molar-refractivity contribution >= 4 is 0 Å². The molecule has 110 valence electrons. The molecule has 1 aromatic rings. The summed E-state index contributed by atoms with van der Waals surface area (Å²) in [5.74, 6) is 0. The molecule has 2 aliphatic rings. The van der Waals surface area contributed by atoms with Gasteiger partial charge in [-0.05, 0) is 63.5 Å². The lowest BCUT2D eigenvalue weighted by molar-refractivity contribution is -0.0546. The van der Waals surface area contributed by atoms with E-state index in [9.17, 15) is 0 Å². The molecule has 2 nitrogen and oxygen atoms in total. The second kappa shape index (κ2) is 6.28. The van der Waals surface area contributed by atoms with Crippen molar-refractivity contribution in [3.8, 4) is 0 Å². The van der Waals surface area contributed by atoms with Gasteiger partial charge in [-0.15, -0.1) is 0 Å². The van der Waals surface area contributed by atoms with Crippen molar-refractivity contribution in [2.45, 2.75) is 76.8 Å². The van der Waals surface area contributed by atoms with Crippen molar-refractivity contribution in [3.05, 3.63) is 35.4 Å². The first-order valence-corrected chi connectivity index (χ1v) is 8.14. The zero-order valence-electron chi connectivity index (χ0n) is 12.7. The van der Waals surface area contributed by atoms with Crippen LogP contribution >= 0.6 is 0 Å². The topological polar surface area (TPSA) is 18.5 Å². The Morgan fingerprint density at radius 3 is 1.60 bits per heavy atom. The Morgan fingerprint density at radius 1 is 0.750 bits per heavy atom. The molecule has 0 spiro atoms. The number of ether oxygens (including phenoxy) is 2. The minimum atomic E-state index is 0.260. The zero-order valence-corrected chi connectivity index (χ0v) is 12.7. The predicted octanol–water partition coefficient (Wildman–Crippen LogP) is 4.95. The highest BCUT2D eigenvalue weighted by Crippen LogP contribution is 2.39. The lowest BCUT2D eigenvalue weighted by Crippen LogP contribution is -2.24. The average Bonchev–Trinajstić information content (AvgIpc) is 2.47. The van der Waals surface area contributed by atoms with Crippen molar-refractivity contribution in [1.82, 2.24) is 0 Å². The van der Waals surface area contributed by atoms with Crippen LogP contribution in [0.4, 0.5) is 0 Å². The molecule has 1 aromatic carbocycles. The summed E-state index contributed by atoms with van der Waals surface area (Å²) >= 11 is 0. The summed E-state index contributed by atoms with van der Waals surface area (Å²) < 4.78 is 12.4. The summed E-state index contributed by atoms with van der Waals surface area (Å²) in [6.45, 7) is 4.38. The van der Waals surface area contributed by atoms with Gasteiger partial charge in [0.2, 0.25) is 0 Å². The van der Waals surface area contributed by atoms with E-state index < -0.39 is 0 Å². The Balaban J connectivity index is 1.83. The Labute approximate surface area is 122 Å². The Hall–Kier alpha value is -0.860. The average molecular weight is 274 g/mol. The molecule has 0 aromatic heterocycles. The third kappa shape index (κ3) is 3.07. The molecule has 2 fully saturated rings. The maximum atomic E-state index is 6.18. The number of hydrogen-bond donors (Lipinski definition) is 0. The van der Waals surface area contributed by atoms with Crippen LogP contribution in [0.5, 0.6) is 0 Å². The molecule has 0 radical (unpaired) electrons. The third-order valence-electron chi connectivity index (χ3n) is 4.64. The maximum absolute atomic E-state index is 6.18. The van der Waals surface area contributed by atoms with Crippen LogP contribution in [0.1, 0.15) is 75.7 Å². The number of hydrogen-bond acceptors (Lipinski definition) is 2. The molecular formula is C18H26O2. The Morgan fingerprint density at radius 2 is 1.20 bits per heavy atom. The van der Waals surface area contributed by atoms with E-state index in [1.807, 2.05) is 0 Å². The highest BCUT2D eigenvalue weighted by atomic mass is 16.5. The van der Waals surface area contributed by atoms with Gasteiger partial charge in [0.15, 0.2) is 0 Å². The van der Waals surface area contributed by atoms with Crippen LogP contribution < -0.4 is 0 Å². The van der Waals surface area contributed by atoms with E-state index in [0.29, 0.717) is 12.2 Å². The molecule has 4 atom stereocenters. The quantitative estimate of drug-likeness (QED) is 0.760. The van der Waals surface area contributed by atoms with Gasteiger partial charge in [0.1, 0.15) is 0 Å². The van der Waals surface area contributed by atoms with Crippen LogP contribution in [0.2, 0.25) is 0 Å². The molecule has 2 heterocycles. The molecule has 2 saturated heterocycles. The molecule has 0 bridgehead atoms. The molecule has 0 amide bonds. The molecule has 20 heavy (non-hydrogen) atoms. The van der Waals surface area contributed by atoms with E-state index in [2.05, 4.69) is 38.1 Å². The minimum Gasteiger partial charge on any atom is -0.371 e. The van der Waals surface area contributed by atoms with Crippen molar-refractivity contribution < 1.29 is 9.47 Å². The molecule has 0 aliphatic carbocycles. The highest BCUT2D eigenvalue weighted by molar-refractivity contribution is 5.31. The molecule has 0 saturated carbocycles. The third-order valence-corrected chi connectivity index (χ3v) is 4.64. The fraction of sp³-hybridized carbons (Fsp3) is 0.667. The highest BCUT2D eigenvalue weighted by Gasteiger charge is 2.28. The fourth-order valence-electron chi connectivity index (χ4n) is 3.57. The summed E-state index contributed by atoms with van der Waals surface area (Å²) in [5.41, 5.74) is 2.72. The van der Waals surface area contributed by atoms with Crippen molar-refractivity contribution in [2.75, 3.05) is 0 Å². The van der Waals surface area contributed by atoms with Gasteiger partial charge < -0.3 is 9.47 Å². The van der Waals surface area contributed by atoms with Crippen LogP contribution in [0.15, 0.2) is 24.3 Å². The van der Waals surface area contributed by atoms with E-state index in [1.54, 1.807) is 0 Å². The normalized spacial score (nSPS) is 34.9. The summed E-state index contributed by atoms with van der Waals surface area (Å²) in [4.78, 5) is 0. The minimum absolute atomic E-state index is 0.260. The Kier molecular flexibility index (Phi) is 4.42. The van der Waals surface area contributed by atoms with Gasteiger partial charge in [-0.1, -0.05) is 24.3 Å². The first kappa shape index (κ1) is 14.1.